The maximum atomic E-state index is 5.87. The van der Waals surface area contributed by atoms with Gasteiger partial charge >= 0.3 is 0 Å². The van der Waals surface area contributed by atoms with Crippen LogP contribution in [0.25, 0.3) is 0 Å². The second-order valence-electron chi connectivity index (χ2n) is 10.3. The van der Waals surface area contributed by atoms with Gasteiger partial charge in [-0.2, -0.15) is 0 Å². The summed E-state index contributed by atoms with van der Waals surface area (Å²) in [5, 5.41) is 0. The second kappa shape index (κ2) is 5.75. The second-order valence-corrected chi connectivity index (χ2v) is 10.3. The molecule has 132 valence electrons. The summed E-state index contributed by atoms with van der Waals surface area (Å²) in [6, 6.07) is 0. The standard InChI is InChI=1S/C22H38O/c1-17-9-13-20(2,3)11-5-4-8-18(17)22-16-21(22)12-6-7-14-23-15-10-19(21)22/h17-19H,4-16H2,1-3H3. The van der Waals surface area contributed by atoms with Crippen LogP contribution in [0.4, 0.5) is 0 Å². The molecule has 1 nitrogen and oxygen atoms in total. The lowest BCUT2D eigenvalue weighted by atomic mass is 9.75. The zero-order chi connectivity index (χ0) is 16.1. The first kappa shape index (κ1) is 16.4. The Labute approximate surface area is 143 Å². The molecule has 3 saturated carbocycles. The lowest BCUT2D eigenvalue weighted by molar-refractivity contribution is 0.113. The van der Waals surface area contributed by atoms with Crippen molar-refractivity contribution in [2.24, 2.45) is 34.0 Å². The molecule has 5 unspecified atom stereocenters. The molecule has 23 heavy (non-hydrogen) atoms. The molecule has 0 amide bonds. The van der Waals surface area contributed by atoms with Crippen molar-refractivity contribution in [3.8, 4) is 0 Å². The third-order valence-electron chi connectivity index (χ3n) is 8.57. The molecule has 0 aromatic carbocycles. The van der Waals surface area contributed by atoms with Gasteiger partial charge in [-0.15, -0.1) is 0 Å². The van der Waals surface area contributed by atoms with Crippen LogP contribution >= 0.6 is 0 Å². The minimum atomic E-state index is 0.582. The zero-order valence-electron chi connectivity index (χ0n) is 15.8. The van der Waals surface area contributed by atoms with E-state index in [4.69, 9.17) is 4.74 Å². The lowest BCUT2D eigenvalue weighted by Crippen LogP contribution is -2.22. The molecule has 4 fully saturated rings. The molecule has 0 bridgehead atoms. The van der Waals surface area contributed by atoms with E-state index in [0.717, 1.165) is 41.8 Å². The topological polar surface area (TPSA) is 9.23 Å². The monoisotopic (exact) mass is 318 g/mol. The minimum absolute atomic E-state index is 0.582. The van der Waals surface area contributed by atoms with Crippen LogP contribution in [0.5, 0.6) is 0 Å². The number of ether oxygens (including phenoxy) is 1. The Morgan fingerprint density at radius 1 is 0.826 bits per heavy atom. The minimum Gasteiger partial charge on any atom is -0.381 e. The van der Waals surface area contributed by atoms with Crippen LogP contribution in [0.1, 0.15) is 91.4 Å². The fourth-order valence-corrected chi connectivity index (χ4v) is 7.08. The molecule has 0 N–H and O–H groups in total. The Morgan fingerprint density at radius 2 is 1.65 bits per heavy atom. The van der Waals surface area contributed by atoms with Crippen molar-refractivity contribution in [2.45, 2.75) is 91.4 Å². The fraction of sp³-hybridized carbons (Fsp3) is 1.00. The quantitative estimate of drug-likeness (QED) is 0.558. The number of hydrogen-bond donors (Lipinski definition) is 0. The van der Waals surface area contributed by atoms with E-state index in [9.17, 15) is 0 Å². The Morgan fingerprint density at radius 3 is 2.52 bits per heavy atom. The molecule has 4 rings (SSSR count). The predicted molar refractivity (Wildman–Crippen MR) is 96.4 cm³/mol. The Hall–Kier alpha value is -0.0400. The zero-order valence-corrected chi connectivity index (χ0v) is 15.8. The number of fused-ring (bicyclic) bond motifs is 1. The van der Waals surface area contributed by atoms with Gasteiger partial charge in [0.2, 0.25) is 0 Å². The van der Waals surface area contributed by atoms with Crippen molar-refractivity contribution >= 4 is 0 Å². The van der Waals surface area contributed by atoms with Gasteiger partial charge in [-0.3, -0.25) is 0 Å². The molecular formula is C22H38O. The van der Waals surface area contributed by atoms with Crippen molar-refractivity contribution in [2.75, 3.05) is 13.2 Å². The van der Waals surface area contributed by atoms with E-state index in [0.29, 0.717) is 5.41 Å². The van der Waals surface area contributed by atoms with Gasteiger partial charge < -0.3 is 4.74 Å². The summed E-state index contributed by atoms with van der Waals surface area (Å²) in [5.41, 5.74) is 2.16. The van der Waals surface area contributed by atoms with Gasteiger partial charge in [-0.05, 0) is 85.4 Å². The van der Waals surface area contributed by atoms with Gasteiger partial charge in [0.15, 0.2) is 0 Å². The summed E-state index contributed by atoms with van der Waals surface area (Å²) in [6.07, 6.45) is 16.0. The molecule has 1 spiro atoms. The van der Waals surface area contributed by atoms with Gasteiger partial charge in [-0.25, -0.2) is 0 Å². The molecule has 1 aliphatic heterocycles. The molecule has 1 heterocycles. The highest BCUT2D eigenvalue weighted by atomic mass is 16.5. The van der Waals surface area contributed by atoms with Crippen molar-refractivity contribution in [1.82, 2.24) is 0 Å². The van der Waals surface area contributed by atoms with Crippen LogP contribution in [0.2, 0.25) is 0 Å². The third-order valence-corrected chi connectivity index (χ3v) is 8.57. The molecule has 0 radical (unpaired) electrons. The van der Waals surface area contributed by atoms with Gasteiger partial charge in [0, 0.05) is 13.2 Å². The van der Waals surface area contributed by atoms with E-state index in [2.05, 4.69) is 20.8 Å². The van der Waals surface area contributed by atoms with Crippen LogP contribution in [-0.4, -0.2) is 13.2 Å². The first-order valence-electron chi connectivity index (χ1n) is 10.6. The highest BCUT2D eigenvalue weighted by Gasteiger charge is 2.90. The highest BCUT2D eigenvalue weighted by molar-refractivity contribution is 5.37. The van der Waals surface area contributed by atoms with Gasteiger partial charge in [0.1, 0.15) is 0 Å². The first-order valence-corrected chi connectivity index (χ1v) is 10.6. The summed E-state index contributed by atoms with van der Waals surface area (Å²) in [5.74, 6) is 3.01. The maximum absolute atomic E-state index is 5.87. The van der Waals surface area contributed by atoms with Crippen LogP contribution in [-0.2, 0) is 4.74 Å². The molecular weight excluding hydrogens is 280 g/mol. The fourth-order valence-electron chi connectivity index (χ4n) is 7.08. The van der Waals surface area contributed by atoms with E-state index in [1.54, 1.807) is 6.42 Å². The van der Waals surface area contributed by atoms with E-state index in [-0.39, 0.29) is 0 Å². The summed E-state index contributed by atoms with van der Waals surface area (Å²) >= 11 is 0. The van der Waals surface area contributed by atoms with Crippen LogP contribution in [0.15, 0.2) is 0 Å². The first-order chi connectivity index (χ1) is 11.0. The van der Waals surface area contributed by atoms with E-state index < -0.39 is 0 Å². The maximum Gasteiger partial charge on any atom is 0.0469 e. The van der Waals surface area contributed by atoms with Crippen molar-refractivity contribution < 1.29 is 4.74 Å². The third kappa shape index (κ3) is 2.60. The summed E-state index contributed by atoms with van der Waals surface area (Å²) in [4.78, 5) is 0. The number of hydrogen-bond acceptors (Lipinski definition) is 1. The Balaban J connectivity index is 1.49. The summed E-state index contributed by atoms with van der Waals surface area (Å²) in [6.45, 7) is 9.67. The summed E-state index contributed by atoms with van der Waals surface area (Å²) in [7, 11) is 0. The normalized spacial score (nSPS) is 50.0. The molecule has 4 aliphatic rings. The van der Waals surface area contributed by atoms with Crippen molar-refractivity contribution in [1.29, 1.82) is 0 Å². The van der Waals surface area contributed by atoms with Crippen LogP contribution in [0, 0.1) is 34.0 Å². The Kier molecular flexibility index (Phi) is 4.11. The smallest absolute Gasteiger partial charge is 0.0469 e. The van der Waals surface area contributed by atoms with E-state index in [1.807, 2.05) is 0 Å². The van der Waals surface area contributed by atoms with Crippen molar-refractivity contribution in [3.63, 3.8) is 0 Å². The van der Waals surface area contributed by atoms with E-state index in [1.165, 1.54) is 64.2 Å². The largest absolute Gasteiger partial charge is 0.381 e. The average Bonchev–Trinajstić information content (AvgIpc) is 3.30. The molecule has 1 saturated heterocycles. The Bertz CT molecular complexity index is 441. The number of rotatable bonds is 1. The molecule has 0 aromatic heterocycles. The SMILES string of the molecule is CC1CCC(C)(C)CCCCC1C12CC13CCCCOCCC32. The molecule has 0 aromatic rings. The van der Waals surface area contributed by atoms with Gasteiger partial charge in [-0.1, -0.05) is 40.0 Å². The van der Waals surface area contributed by atoms with Crippen molar-refractivity contribution in [3.05, 3.63) is 0 Å². The molecule has 1 heteroatoms. The van der Waals surface area contributed by atoms with Crippen LogP contribution in [0.3, 0.4) is 0 Å². The predicted octanol–water partition coefficient (Wildman–Crippen LogP) is 6.22. The van der Waals surface area contributed by atoms with Gasteiger partial charge in [0.05, 0.1) is 0 Å². The van der Waals surface area contributed by atoms with Gasteiger partial charge in [0.25, 0.3) is 0 Å². The average molecular weight is 319 g/mol. The van der Waals surface area contributed by atoms with E-state index >= 15 is 0 Å². The summed E-state index contributed by atoms with van der Waals surface area (Å²) < 4.78 is 5.87. The highest BCUT2D eigenvalue weighted by Crippen LogP contribution is 2.96. The van der Waals surface area contributed by atoms with Crippen LogP contribution < -0.4 is 0 Å². The molecule has 5 atom stereocenters. The molecule has 3 aliphatic carbocycles. The lowest BCUT2D eigenvalue weighted by Gasteiger charge is -2.30.